The normalized spacial score (nSPS) is 24.3. The number of aromatic amines is 1. The van der Waals surface area contributed by atoms with Crippen LogP contribution in [0.2, 0.25) is 0 Å². The predicted octanol–water partition coefficient (Wildman–Crippen LogP) is 0.106. The summed E-state index contributed by atoms with van der Waals surface area (Å²) >= 11 is 0. The zero-order valence-electron chi connectivity index (χ0n) is 27.1. The number of alkyl carbamates (subject to hydrolysis) is 1. The number of rotatable bonds is 15. The van der Waals surface area contributed by atoms with Gasteiger partial charge in [-0.05, 0) is 12.0 Å². The standard InChI is InChI=1S/C24H32N14O13P2/c25-18-16-19(30-8-29-18)37(9-31-16)15-5-12(14(49-15)7-46-52(41,42)43)51-53(44,45)47-6-11-4-13(50-24(40)28-2-1-3-33-36-27)22(48-11)38-10-32-17-20(38)34-23(26)35-21(17)39/h8-15,22H,1-7H2,(H,28,40)(H,44,45)(H2,25,29,30)(H2,41,42,43)(H3,26,34,35,39)/t11-,12-,13+,14+,15+,22+/m0/s1. The van der Waals surface area contributed by atoms with E-state index < -0.39 is 77.4 Å². The second-order valence-corrected chi connectivity index (χ2v) is 14.1. The number of anilines is 2. The fourth-order valence-corrected chi connectivity index (χ4v) is 6.95. The van der Waals surface area contributed by atoms with E-state index in [1.807, 2.05) is 0 Å². The maximum absolute atomic E-state index is 13.3. The number of nitrogen functional groups attached to an aromatic ring is 2. The van der Waals surface area contributed by atoms with Crippen LogP contribution >= 0.6 is 15.6 Å². The summed E-state index contributed by atoms with van der Waals surface area (Å²) in [6, 6.07) is 0. The molecule has 2 fully saturated rings. The fourth-order valence-electron chi connectivity index (χ4n) is 5.63. The molecule has 0 aromatic carbocycles. The number of phosphoric ester groups is 2. The van der Waals surface area contributed by atoms with Crippen molar-refractivity contribution in [3.63, 3.8) is 0 Å². The largest absolute Gasteiger partial charge is 0.472 e. The minimum Gasteiger partial charge on any atom is -0.441 e. The number of carbonyl (C=O) groups is 1. The molecular formula is C24H32N14O13P2. The van der Waals surface area contributed by atoms with Crippen LogP contribution in [-0.2, 0) is 36.9 Å². The number of aromatic nitrogens is 8. The molecule has 1 unspecified atom stereocenters. The van der Waals surface area contributed by atoms with Crippen molar-refractivity contribution >= 4 is 55.8 Å². The number of nitrogens with two attached hydrogens (primary N) is 2. The lowest BCUT2D eigenvalue weighted by Crippen LogP contribution is -2.32. The Hall–Kier alpha value is -4.78. The van der Waals surface area contributed by atoms with E-state index in [4.69, 9.17) is 40.3 Å². The SMILES string of the molecule is [N-]=[N+]=NCCCNC(=O)O[C@@H]1C[C@@H](COP(=O)(O)O[C@H]2C[C@H](n3cnc4c(N)ncnc43)O[C@@H]2COP(=O)(O)O)O[C@H]1n1cnc2c(=O)[nH]c(N)nc21. The second kappa shape index (κ2) is 15.7. The van der Waals surface area contributed by atoms with Crippen molar-refractivity contribution in [2.45, 2.75) is 56.1 Å². The van der Waals surface area contributed by atoms with Gasteiger partial charge in [-0.1, -0.05) is 5.11 Å². The topological polar surface area (TPSA) is 387 Å². The molecule has 0 saturated carbocycles. The molecule has 2 saturated heterocycles. The Balaban J connectivity index is 1.15. The van der Waals surface area contributed by atoms with Gasteiger partial charge < -0.3 is 45.7 Å². The van der Waals surface area contributed by atoms with Gasteiger partial charge in [-0.2, -0.15) is 4.98 Å². The highest BCUT2D eigenvalue weighted by molar-refractivity contribution is 7.47. The monoisotopic (exact) mass is 786 g/mol. The first-order valence-electron chi connectivity index (χ1n) is 15.5. The van der Waals surface area contributed by atoms with Gasteiger partial charge in [0.2, 0.25) is 5.95 Å². The maximum atomic E-state index is 13.3. The molecule has 4 aromatic rings. The Kier molecular flexibility index (Phi) is 11.2. The van der Waals surface area contributed by atoms with Gasteiger partial charge in [-0.25, -0.2) is 33.9 Å². The molecule has 29 heteroatoms. The lowest BCUT2D eigenvalue weighted by Gasteiger charge is -2.22. The van der Waals surface area contributed by atoms with Gasteiger partial charge in [0.15, 0.2) is 35.0 Å². The summed E-state index contributed by atoms with van der Waals surface area (Å²) in [6.07, 6.45) is -3.90. The van der Waals surface area contributed by atoms with Crippen LogP contribution in [-0.4, -0.2) is 111 Å². The first kappa shape index (κ1) is 38.0. The van der Waals surface area contributed by atoms with Crippen molar-refractivity contribution in [2.75, 3.05) is 37.8 Å². The number of phosphoric acid groups is 2. The number of ether oxygens (including phenoxy) is 3. The summed E-state index contributed by atoms with van der Waals surface area (Å²) in [7, 11) is -9.98. The number of carbonyl (C=O) groups excluding carboxylic acids is 1. The predicted molar refractivity (Wildman–Crippen MR) is 175 cm³/mol. The molecule has 53 heavy (non-hydrogen) atoms. The summed E-state index contributed by atoms with van der Waals surface area (Å²) in [4.78, 5) is 79.6. The molecule has 0 bridgehead atoms. The van der Waals surface area contributed by atoms with E-state index in [2.05, 4.69) is 49.8 Å². The molecule has 7 atom stereocenters. The minimum absolute atomic E-state index is 0.00321. The lowest BCUT2D eigenvalue weighted by atomic mass is 10.2. The Labute approximate surface area is 295 Å². The van der Waals surface area contributed by atoms with Crippen LogP contribution in [0.4, 0.5) is 16.6 Å². The first-order valence-corrected chi connectivity index (χ1v) is 18.5. The van der Waals surface area contributed by atoms with Gasteiger partial charge in [0.05, 0.1) is 32.0 Å². The number of azide groups is 1. The number of fused-ring (bicyclic) bond motifs is 2. The van der Waals surface area contributed by atoms with Crippen LogP contribution in [0.15, 0.2) is 28.9 Å². The number of hydrogen-bond donors (Lipinski definition) is 7. The van der Waals surface area contributed by atoms with Crippen LogP contribution in [0.5, 0.6) is 0 Å². The molecule has 6 heterocycles. The van der Waals surface area contributed by atoms with E-state index in [0.717, 1.165) is 0 Å². The molecule has 286 valence electrons. The fraction of sp³-hybridized carbons (Fsp3) is 0.542. The second-order valence-electron chi connectivity index (χ2n) is 11.5. The third-order valence-corrected chi connectivity index (χ3v) is 9.37. The summed E-state index contributed by atoms with van der Waals surface area (Å²) in [6.45, 7) is -1.09. The van der Waals surface area contributed by atoms with E-state index >= 15 is 0 Å². The summed E-state index contributed by atoms with van der Waals surface area (Å²) in [5.41, 5.74) is 19.8. The number of amides is 1. The molecule has 2 aliphatic heterocycles. The first-order chi connectivity index (χ1) is 25.2. The number of nitrogens with one attached hydrogen (secondary N) is 2. The zero-order chi connectivity index (χ0) is 37.9. The third kappa shape index (κ3) is 9.06. The van der Waals surface area contributed by atoms with Gasteiger partial charge in [0.1, 0.15) is 30.3 Å². The van der Waals surface area contributed by atoms with Crippen LogP contribution in [0, 0.1) is 0 Å². The Morgan fingerprint density at radius 2 is 1.83 bits per heavy atom. The Morgan fingerprint density at radius 1 is 1.06 bits per heavy atom. The number of nitrogens with zero attached hydrogens (tertiary/aromatic N) is 10. The van der Waals surface area contributed by atoms with Gasteiger partial charge >= 0.3 is 21.7 Å². The van der Waals surface area contributed by atoms with Gasteiger partial charge in [0, 0.05) is 30.8 Å². The van der Waals surface area contributed by atoms with E-state index in [0.29, 0.717) is 6.42 Å². The quantitative estimate of drug-likeness (QED) is 0.0276. The van der Waals surface area contributed by atoms with Gasteiger partial charge in [-0.3, -0.25) is 32.5 Å². The lowest BCUT2D eigenvalue weighted by molar-refractivity contribution is -0.0571. The highest BCUT2D eigenvalue weighted by Crippen LogP contribution is 2.50. The highest BCUT2D eigenvalue weighted by atomic mass is 31.2. The van der Waals surface area contributed by atoms with Crippen LogP contribution in [0.3, 0.4) is 0 Å². The third-order valence-electron chi connectivity index (χ3n) is 7.87. The highest BCUT2D eigenvalue weighted by Gasteiger charge is 2.45. The van der Waals surface area contributed by atoms with Crippen molar-refractivity contribution in [3.8, 4) is 0 Å². The molecule has 2 aliphatic rings. The molecule has 1 amide bonds. The van der Waals surface area contributed by atoms with Crippen molar-refractivity contribution in [1.82, 2.24) is 44.4 Å². The van der Waals surface area contributed by atoms with Crippen LogP contribution in [0.1, 0.15) is 31.7 Å². The van der Waals surface area contributed by atoms with E-state index in [9.17, 15) is 33.4 Å². The average molecular weight is 787 g/mol. The Morgan fingerprint density at radius 3 is 2.60 bits per heavy atom. The molecular weight excluding hydrogens is 754 g/mol. The molecule has 4 aromatic heterocycles. The maximum Gasteiger partial charge on any atom is 0.472 e. The van der Waals surface area contributed by atoms with E-state index in [1.165, 1.54) is 28.1 Å². The molecule has 0 radical (unpaired) electrons. The van der Waals surface area contributed by atoms with Crippen molar-refractivity contribution in [3.05, 3.63) is 39.8 Å². The number of imidazole rings is 2. The molecule has 0 aliphatic carbocycles. The van der Waals surface area contributed by atoms with E-state index in [1.54, 1.807) is 0 Å². The summed E-state index contributed by atoms with van der Waals surface area (Å²) in [5.74, 6) is -0.145. The zero-order valence-corrected chi connectivity index (χ0v) is 28.9. The Bertz CT molecular complexity index is 2170. The van der Waals surface area contributed by atoms with Gasteiger partial charge in [-0.15, -0.1) is 0 Å². The minimum atomic E-state index is -4.99. The summed E-state index contributed by atoms with van der Waals surface area (Å²) < 4.78 is 60.3. The van der Waals surface area contributed by atoms with Crippen molar-refractivity contribution in [2.24, 2.45) is 5.11 Å². The summed E-state index contributed by atoms with van der Waals surface area (Å²) in [5, 5.41) is 5.89. The van der Waals surface area contributed by atoms with Crippen LogP contribution < -0.4 is 22.3 Å². The van der Waals surface area contributed by atoms with Crippen LogP contribution in [0.25, 0.3) is 32.8 Å². The average Bonchev–Trinajstić information content (AvgIpc) is 3.88. The van der Waals surface area contributed by atoms with E-state index in [-0.39, 0.29) is 60.0 Å². The van der Waals surface area contributed by atoms with Gasteiger partial charge in [0.25, 0.3) is 5.56 Å². The smallest absolute Gasteiger partial charge is 0.441 e. The van der Waals surface area contributed by atoms with Crippen molar-refractivity contribution in [1.29, 1.82) is 0 Å². The molecule has 0 spiro atoms. The van der Waals surface area contributed by atoms with Crippen molar-refractivity contribution < 1.29 is 56.4 Å². The molecule has 9 N–H and O–H groups in total. The molecule has 27 nitrogen and oxygen atoms in total. The molecule has 6 rings (SSSR count). The number of hydrogen-bond acceptors (Lipinski definition) is 18. The number of H-pyrrole nitrogens is 1.